The first-order chi connectivity index (χ1) is 8.91. The van der Waals surface area contributed by atoms with Crippen LogP contribution < -0.4 is 0 Å². The lowest BCUT2D eigenvalue weighted by Crippen LogP contribution is -2.15. The van der Waals surface area contributed by atoms with Crippen molar-refractivity contribution in [2.75, 3.05) is 0 Å². The second kappa shape index (κ2) is 5.45. The molecular formula is C15H17IN2O. The third-order valence-electron chi connectivity index (χ3n) is 3.19. The van der Waals surface area contributed by atoms with Gasteiger partial charge in [0.1, 0.15) is 0 Å². The summed E-state index contributed by atoms with van der Waals surface area (Å²) in [6.07, 6.45) is 0. The third-order valence-corrected chi connectivity index (χ3v) is 3.86. The van der Waals surface area contributed by atoms with Crippen molar-refractivity contribution >= 4 is 28.5 Å². The van der Waals surface area contributed by atoms with E-state index in [0.29, 0.717) is 11.5 Å². The predicted molar refractivity (Wildman–Crippen MR) is 84.7 cm³/mol. The predicted octanol–water partition coefficient (Wildman–Crippen LogP) is 3.92. The zero-order valence-corrected chi connectivity index (χ0v) is 13.7. The Kier molecular flexibility index (Phi) is 4.08. The number of rotatable bonds is 2. The smallest absolute Gasteiger partial charge is 0.267 e. The maximum absolute atomic E-state index is 12.5. The lowest BCUT2D eigenvalue weighted by Gasteiger charge is -2.07. The monoisotopic (exact) mass is 368 g/mol. The van der Waals surface area contributed by atoms with E-state index >= 15 is 0 Å². The number of carbonyl (C=O) groups excluding carboxylic acids is 1. The van der Waals surface area contributed by atoms with Crippen molar-refractivity contribution in [2.24, 2.45) is 0 Å². The Morgan fingerprint density at radius 1 is 1.32 bits per heavy atom. The van der Waals surface area contributed by atoms with Crippen molar-refractivity contribution in [1.82, 2.24) is 9.78 Å². The van der Waals surface area contributed by atoms with Gasteiger partial charge in [0.05, 0.1) is 5.69 Å². The van der Waals surface area contributed by atoms with Crippen molar-refractivity contribution in [2.45, 2.75) is 33.6 Å². The van der Waals surface area contributed by atoms with E-state index in [4.69, 9.17) is 0 Å². The maximum Gasteiger partial charge on any atom is 0.278 e. The first-order valence-electron chi connectivity index (χ1n) is 6.28. The van der Waals surface area contributed by atoms with Crippen LogP contribution in [0.2, 0.25) is 0 Å². The molecule has 0 atom stereocenters. The van der Waals surface area contributed by atoms with Gasteiger partial charge < -0.3 is 0 Å². The summed E-state index contributed by atoms with van der Waals surface area (Å²) in [5.41, 5.74) is 3.72. The second-order valence-corrected chi connectivity index (χ2v) is 6.21. The average Bonchev–Trinajstić information content (AvgIpc) is 2.63. The molecule has 3 nitrogen and oxygen atoms in total. The molecule has 1 heterocycles. The molecule has 0 N–H and O–H groups in total. The summed E-state index contributed by atoms with van der Waals surface area (Å²) in [6, 6.07) is 7.58. The van der Waals surface area contributed by atoms with Crippen LogP contribution in [0.4, 0.5) is 0 Å². The molecule has 4 heteroatoms. The molecule has 0 unspecified atom stereocenters. The van der Waals surface area contributed by atoms with Crippen LogP contribution in [0.3, 0.4) is 0 Å². The summed E-state index contributed by atoms with van der Waals surface area (Å²) >= 11 is 2.21. The Bertz CT molecular complexity index is 629. The van der Waals surface area contributed by atoms with E-state index in [1.165, 1.54) is 10.2 Å². The van der Waals surface area contributed by atoms with Gasteiger partial charge in [0.2, 0.25) is 0 Å². The summed E-state index contributed by atoms with van der Waals surface area (Å²) < 4.78 is 2.57. The highest BCUT2D eigenvalue weighted by atomic mass is 127. The molecule has 0 aliphatic rings. The number of benzene rings is 1. The number of halogens is 1. The van der Waals surface area contributed by atoms with Gasteiger partial charge in [-0.05, 0) is 66.1 Å². The number of hydrogen-bond donors (Lipinski definition) is 0. The lowest BCUT2D eigenvalue weighted by atomic mass is 10.0. The van der Waals surface area contributed by atoms with Crippen LogP contribution in [0.1, 0.15) is 47.1 Å². The van der Waals surface area contributed by atoms with Crippen LogP contribution >= 0.6 is 22.6 Å². The molecule has 0 saturated heterocycles. The first kappa shape index (κ1) is 14.2. The molecule has 0 spiro atoms. The molecule has 1 aromatic carbocycles. The molecule has 0 amide bonds. The van der Waals surface area contributed by atoms with Gasteiger partial charge in [-0.1, -0.05) is 19.9 Å². The quantitative estimate of drug-likeness (QED) is 0.754. The molecule has 0 bridgehead atoms. The standard InChI is InChI=1S/C15H17IN2O/c1-9(2)14-10(3)17-18(11(14)4)15(19)12-6-5-7-13(16)8-12/h5-9H,1-4H3. The van der Waals surface area contributed by atoms with E-state index in [1.807, 2.05) is 38.1 Å². The highest BCUT2D eigenvalue weighted by Crippen LogP contribution is 2.23. The minimum atomic E-state index is -0.0639. The fourth-order valence-electron chi connectivity index (χ4n) is 2.43. The zero-order valence-electron chi connectivity index (χ0n) is 11.6. The van der Waals surface area contributed by atoms with Crippen LogP contribution in [-0.2, 0) is 0 Å². The highest BCUT2D eigenvalue weighted by Gasteiger charge is 2.19. The molecule has 100 valence electrons. The lowest BCUT2D eigenvalue weighted by molar-refractivity contribution is 0.0942. The molecule has 0 aliphatic carbocycles. The molecule has 19 heavy (non-hydrogen) atoms. The van der Waals surface area contributed by atoms with Gasteiger partial charge in [-0.15, -0.1) is 0 Å². The SMILES string of the molecule is Cc1nn(C(=O)c2cccc(I)c2)c(C)c1C(C)C. The summed E-state index contributed by atoms with van der Waals surface area (Å²) in [7, 11) is 0. The number of aromatic nitrogens is 2. The fourth-order valence-corrected chi connectivity index (χ4v) is 2.97. The molecule has 0 aliphatic heterocycles. The Morgan fingerprint density at radius 3 is 2.53 bits per heavy atom. The molecular weight excluding hydrogens is 351 g/mol. The minimum absolute atomic E-state index is 0.0639. The maximum atomic E-state index is 12.5. The van der Waals surface area contributed by atoms with Crippen molar-refractivity contribution < 1.29 is 4.79 Å². The van der Waals surface area contributed by atoms with Crippen molar-refractivity contribution in [1.29, 1.82) is 0 Å². The summed E-state index contributed by atoms with van der Waals surface area (Å²) in [4.78, 5) is 12.5. The number of hydrogen-bond acceptors (Lipinski definition) is 2. The van der Waals surface area contributed by atoms with E-state index in [9.17, 15) is 4.79 Å². The molecule has 0 radical (unpaired) electrons. The fraction of sp³-hybridized carbons (Fsp3) is 0.333. The summed E-state index contributed by atoms with van der Waals surface area (Å²) in [5.74, 6) is 0.309. The van der Waals surface area contributed by atoms with E-state index in [1.54, 1.807) is 0 Å². The first-order valence-corrected chi connectivity index (χ1v) is 7.36. The van der Waals surface area contributed by atoms with Crippen molar-refractivity contribution in [3.8, 4) is 0 Å². The zero-order chi connectivity index (χ0) is 14.2. The van der Waals surface area contributed by atoms with Crippen molar-refractivity contribution in [3.05, 3.63) is 50.4 Å². The average molecular weight is 368 g/mol. The Hall–Kier alpha value is -1.17. The molecule has 2 rings (SSSR count). The molecule has 0 fully saturated rings. The third kappa shape index (κ3) is 2.73. The molecule has 0 saturated carbocycles. The van der Waals surface area contributed by atoms with Crippen LogP contribution in [0.5, 0.6) is 0 Å². The summed E-state index contributed by atoms with van der Waals surface area (Å²) in [6.45, 7) is 8.16. The Labute approximate surface area is 127 Å². The van der Waals surface area contributed by atoms with E-state index in [0.717, 1.165) is 15.0 Å². The van der Waals surface area contributed by atoms with E-state index in [2.05, 4.69) is 41.5 Å². The van der Waals surface area contributed by atoms with Gasteiger partial charge in [0.15, 0.2) is 0 Å². The Balaban J connectivity index is 2.48. The van der Waals surface area contributed by atoms with E-state index < -0.39 is 0 Å². The number of carbonyl (C=O) groups is 1. The number of aryl methyl sites for hydroxylation is 1. The minimum Gasteiger partial charge on any atom is -0.267 e. The molecule has 2 aromatic rings. The number of nitrogens with zero attached hydrogens (tertiary/aromatic N) is 2. The van der Waals surface area contributed by atoms with Gasteiger partial charge in [0, 0.05) is 14.8 Å². The highest BCUT2D eigenvalue weighted by molar-refractivity contribution is 14.1. The second-order valence-electron chi connectivity index (χ2n) is 4.97. The Morgan fingerprint density at radius 2 is 2.00 bits per heavy atom. The summed E-state index contributed by atoms with van der Waals surface area (Å²) in [5, 5.41) is 4.40. The van der Waals surface area contributed by atoms with Gasteiger partial charge in [-0.25, -0.2) is 4.68 Å². The van der Waals surface area contributed by atoms with Gasteiger partial charge in [-0.2, -0.15) is 5.10 Å². The largest absolute Gasteiger partial charge is 0.278 e. The van der Waals surface area contributed by atoms with Crippen molar-refractivity contribution in [3.63, 3.8) is 0 Å². The normalized spacial score (nSPS) is 11.1. The van der Waals surface area contributed by atoms with Crippen LogP contribution in [-0.4, -0.2) is 15.7 Å². The van der Waals surface area contributed by atoms with Crippen LogP contribution in [0.25, 0.3) is 0 Å². The van der Waals surface area contributed by atoms with Gasteiger partial charge in [-0.3, -0.25) is 4.79 Å². The molecule has 1 aromatic heterocycles. The van der Waals surface area contributed by atoms with Crippen LogP contribution in [0.15, 0.2) is 24.3 Å². The van der Waals surface area contributed by atoms with Crippen LogP contribution in [0, 0.1) is 17.4 Å². The van der Waals surface area contributed by atoms with Gasteiger partial charge in [0.25, 0.3) is 5.91 Å². The van der Waals surface area contributed by atoms with E-state index in [-0.39, 0.29) is 5.91 Å². The topological polar surface area (TPSA) is 34.9 Å². The van der Waals surface area contributed by atoms with Gasteiger partial charge >= 0.3 is 0 Å².